The molecule has 2 aliphatic heterocycles. The lowest BCUT2D eigenvalue weighted by atomic mass is 9.88. The zero-order chi connectivity index (χ0) is 22.0. The predicted molar refractivity (Wildman–Crippen MR) is 119 cm³/mol. The number of ether oxygens (including phenoxy) is 1. The Morgan fingerprint density at radius 3 is 2.44 bits per heavy atom. The summed E-state index contributed by atoms with van der Waals surface area (Å²) in [4.78, 5) is 32.2. The van der Waals surface area contributed by atoms with Crippen LogP contribution < -0.4 is 5.32 Å². The van der Waals surface area contributed by atoms with Crippen molar-refractivity contribution in [1.29, 1.82) is 0 Å². The fraction of sp³-hybridized carbons (Fsp3) is 0.320. The molecule has 3 aromatic rings. The molecule has 0 saturated carbocycles. The first-order valence-electron chi connectivity index (χ1n) is 11.0. The molecule has 2 aliphatic rings. The molecule has 1 N–H and O–H groups in total. The number of rotatable bonds is 4. The summed E-state index contributed by atoms with van der Waals surface area (Å²) >= 11 is 0. The molecule has 164 valence electrons. The molecule has 0 unspecified atom stereocenters. The van der Waals surface area contributed by atoms with Gasteiger partial charge in [0.25, 0.3) is 11.8 Å². The van der Waals surface area contributed by atoms with Crippen molar-refractivity contribution in [2.45, 2.75) is 37.6 Å². The fourth-order valence-electron chi connectivity index (χ4n) is 4.61. The number of piperidine rings is 1. The first kappa shape index (κ1) is 20.5. The van der Waals surface area contributed by atoms with Crippen LogP contribution in [-0.2, 0) is 28.2 Å². The maximum absolute atomic E-state index is 13.0. The smallest absolute Gasteiger partial charge is 0.253 e. The zero-order valence-electron chi connectivity index (χ0n) is 17.8. The van der Waals surface area contributed by atoms with E-state index in [4.69, 9.17) is 4.74 Å². The van der Waals surface area contributed by atoms with E-state index in [0.29, 0.717) is 44.6 Å². The van der Waals surface area contributed by atoms with Crippen LogP contribution in [-0.4, -0.2) is 45.5 Å². The third kappa shape index (κ3) is 3.91. The van der Waals surface area contributed by atoms with Gasteiger partial charge in [-0.25, -0.2) is 4.98 Å². The van der Waals surface area contributed by atoms with E-state index in [1.807, 2.05) is 76.3 Å². The maximum atomic E-state index is 13.0. The number of aromatic nitrogens is 2. The highest BCUT2D eigenvalue weighted by Gasteiger charge is 2.47. The summed E-state index contributed by atoms with van der Waals surface area (Å²) in [6, 6.07) is 19.2. The van der Waals surface area contributed by atoms with Crippen LogP contribution in [0.4, 0.5) is 0 Å². The van der Waals surface area contributed by atoms with Gasteiger partial charge in [0.1, 0.15) is 11.4 Å². The third-order valence-electron chi connectivity index (χ3n) is 6.33. The number of benzene rings is 2. The molecular weight excluding hydrogens is 404 g/mol. The summed E-state index contributed by atoms with van der Waals surface area (Å²) in [6.45, 7) is 2.00. The summed E-state index contributed by atoms with van der Waals surface area (Å²) < 4.78 is 8.47. The van der Waals surface area contributed by atoms with Crippen LogP contribution in [0.2, 0.25) is 0 Å². The number of likely N-dealkylation sites (tertiary alicyclic amines) is 1. The van der Waals surface area contributed by atoms with Crippen molar-refractivity contribution < 1.29 is 14.3 Å². The standard InChI is InChI=1S/C25H26N4O3/c30-22(27-17-19-7-3-1-4-8-19)21-18-29-16-13-26-24(29)25(32-21)11-14-28(15-12-25)23(31)20-9-5-2-6-10-20/h1-10,13,16,21H,11-12,14-15,17-18H2,(H,27,30)/t21-/m0/s1. The number of hydrogen-bond acceptors (Lipinski definition) is 4. The van der Waals surface area contributed by atoms with Gasteiger partial charge < -0.3 is 19.5 Å². The lowest BCUT2D eigenvalue weighted by Gasteiger charge is -2.45. The second-order valence-electron chi connectivity index (χ2n) is 8.37. The molecule has 0 radical (unpaired) electrons. The molecule has 1 fully saturated rings. The molecule has 2 aromatic carbocycles. The Kier molecular flexibility index (Phi) is 5.49. The Balaban J connectivity index is 1.29. The first-order chi connectivity index (χ1) is 15.6. The van der Waals surface area contributed by atoms with Crippen LogP contribution in [0.25, 0.3) is 0 Å². The number of amides is 2. The molecular formula is C25H26N4O3. The van der Waals surface area contributed by atoms with Crippen LogP contribution >= 0.6 is 0 Å². The number of carbonyl (C=O) groups is 2. The van der Waals surface area contributed by atoms with E-state index in [1.54, 1.807) is 6.20 Å². The van der Waals surface area contributed by atoms with Crippen LogP contribution in [0, 0.1) is 0 Å². The van der Waals surface area contributed by atoms with Crippen molar-refractivity contribution in [2.24, 2.45) is 0 Å². The average Bonchev–Trinajstić information content (AvgIpc) is 3.34. The Labute approximate surface area is 187 Å². The van der Waals surface area contributed by atoms with Gasteiger partial charge >= 0.3 is 0 Å². The number of nitrogens with one attached hydrogen (secondary N) is 1. The van der Waals surface area contributed by atoms with Crippen LogP contribution in [0.15, 0.2) is 73.1 Å². The monoisotopic (exact) mass is 430 g/mol. The van der Waals surface area contributed by atoms with Crippen molar-refractivity contribution in [3.8, 4) is 0 Å². The molecule has 3 heterocycles. The second-order valence-corrected chi connectivity index (χ2v) is 8.37. The Bertz CT molecular complexity index is 1090. The molecule has 32 heavy (non-hydrogen) atoms. The number of carbonyl (C=O) groups excluding carboxylic acids is 2. The van der Waals surface area contributed by atoms with Crippen molar-refractivity contribution in [3.05, 3.63) is 90.0 Å². The van der Waals surface area contributed by atoms with Crippen LogP contribution in [0.3, 0.4) is 0 Å². The Hall–Kier alpha value is -3.45. The summed E-state index contributed by atoms with van der Waals surface area (Å²) in [5, 5.41) is 3.00. The minimum Gasteiger partial charge on any atom is -0.352 e. The van der Waals surface area contributed by atoms with Crippen molar-refractivity contribution in [3.63, 3.8) is 0 Å². The predicted octanol–water partition coefficient (Wildman–Crippen LogP) is 2.73. The Morgan fingerprint density at radius 1 is 1.03 bits per heavy atom. The zero-order valence-corrected chi connectivity index (χ0v) is 17.8. The van der Waals surface area contributed by atoms with Gasteiger partial charge in [0.15, 0.2) is 6.10 Å². The van der Waals surface area contributed by atoms with Crippen molar-refractivity contribution in [2.75, 3.05) is 13.1 Å². The highest BCUT2D eigenvalue weighted by atomic mass is 16.5. The molecule has 0 aliphatic carbocycles. The van der Waals surface area contributed by atoms with Gasteiger partial charge in [-0.3, -0.25) is 9.59 Å². The SMILES string of the molecule is O=C(NCc1ccccc1)[C@@H]1Cn2ccnc2C2(CCN(C(=O)c3ccccc3)CC2)O1. The Morgan fingerprint density at radius 2 is 1.72 bits per heavy atom. The van der Waals surface area contributed by atoms with E-state index in [0.717, 1.165) is 11.4 Å². The summed E-state index contributed by atoms with van der Waals surface area (Å²) in [6.07, 6.45) is 4.26. The fourth-order valence-corrected chi connectivity index (χ4v) is 4.61. The van der Waals surface area contributed by atoms with Crippen LogP contribution in [0.1, 0.15) is 34.6 Å². The second kappa shape index (κ2) is 8.59. The third-order valence-corrected chi connectivity index (χ3v) is 6.33. The molecule has 1 spiro atoms. The number of hydrogen-bond donors (Lipinski definition) is 1. The van der Waals surface area contributed by atoms with Gasteiger partial charge in [0.05, 0.1) is 6.54 Å². The number of nitrogens with zero attached hydrogens (tertiary/aromatic N) is 3. The highest BCUT2D eigenvalue weighted by molar-refractivity contribution is 5.94. The minimum atomic E-state index is -0.663. The van der Waals surface area contributed by atoms with Gasteiger partial charge in [0.2, 0.25) is 0 Å². The van der Waals surface area contributed by atoms with Gasteiger partial charge in [-0.1, -0.05) is 48.5 Å². The van der Waals surface area contributed by atoms with Crippen molar-refractivity contribution in [1.82, 2.24) is 19.8 Å². The lowest BCUT2D eigenvalue weighted by Crippen LogP contribution is -2.54. The largest absolute Gasteiger partial charge is 0.352 e. The summed E-state index contributed by atoms with van der Waals surface area (Å²) in [7, 11) is 0. The van der Waals surface area contributed by atoms with E-state index < -0.39 is 11.7 Å². The highest BCUT2D eigenvalue weighted by Crippen LogP contribution is 2.40. The first-order valence-corrected chi connectivity index (χ1v) is 11.0. The summed E-state index contributed by atoms with van der Waals surface area (Å²) in [5.41, 5.74) is 1.07. The number of imidazole rings is 1. The van der Waals surface area contributed by atoms with Gasteiger partial charge in [-0.2, -0.15) is 0 Å². The van der Waals surface area contributed by atoms with Crippen molar-refractivity contribution >= 4 is 11.8 Å². The normalized spacial score (nSPS) is 19.4. The molecule has 7 nitrogen and oxygen atoms in total. The van der Waals surface area contributed by atoms with Gasteiger partial charge in [-0.15, -0.1) is 0 Å². The van der Waals surface area contributed by atoms with Gasteiger partial charge in [-0.05, 0) is 17.7 Å². The van der Waals surface area contributed by atoms with Crippen LogP contribution in [0.5, 0.6) is 0 Å². The summed E-state index contributed by atoms with van der Waals surface area (Å²) in [5.74, 6) is 0.739. The molecule has 5 rings (SSSR count). The number of fused-ring (bicyclic) bond motifs is 2. The molecule has 1 saturated heterocycles. The molecule has 1 atom stereocenters. The topological polar surface area (TPSA) is 76.5 Å². The lowest BCUT2D eigenvalue weighted by molar-refractivity contribution is -0.172. The van der Waals surface area contributed by atoms with E-state index in [9.17, 15) is 9.59 Å². The van der Waals surface area contributed by atoms with E-state index in [2.05, 4.69) is 10.3 Å². The minimum absolute atomic E-state index is 0.0248. The van der Waals surface area contributed by atoms with E-state index >= 15 is 0 Å². The molecule has 2 amide bonds. The quantitative estimate of drug-likeness (QED) is 0.691. The molecule has 0 bridgehead atoms. The molecule has 7 heteroatoms. The maximum Gasteiger partial charge on any atom is 0.253 e. The van der Waals surface area contributed by atoms with E-state index in [1.165, 1.54) is 0 Å². The van der Waals surface area contributed by atoms with E-state index in [-0.39, 0.29) is 11.8 Å². The average molecular weight is 431 g/mol. The van der Waals surface area contributed by atoms with Gasteiger partial charge in [0, 0.05) is 50.4 Å². The molecule has 1 aromatic heterocycles.